The van der Waals surface area contributed by atoms with E-state index in [0.717, 1.165) is 24.6 Å². The molecule has 0 radical (unpaired) electrons. The molecule has 0 bridgehead atoms. The molecule has 0 aliphatic heterocycles. The van der Waals surface area contributed by atoms with Gasteiger partial charge in [0.2, 0.25) is 0 Å². The Labute approximate surface area is 95.8 Å². The van der Waals surface area contributed by atoms with Crippen molar-refractivity contribution in [1.29, 1.82) is 0 Å². The molecule has 1 aromatic rings. The fraction of sp³-hybridized carbons (Fsp3) is 0.538. The van der Waals surface area contributed by atoms with Crippen LogP contribution >= 0.6 is 0 Å². The summed E-state index contributed by atoms with van der Waals surface area (Å²) in [6, 6.07) is 6.56. The lowest BCUT2D eigenvalue weighted by Crippen LogP contribution is -2.20. The maximum atomic E-state index is 12.8. The van der Waals surface area contributed by atoms with Crippen LogP contribution in [0.2, 0.25) is 0 Å². The lowest BCUT2D eigenvalue weighted by atomic mass is 10.1. The van der Waals surface area contributed by atoms with Gasteiger partial charge in [0.05, 0.1) is 12.7 Å². The molecule has 1 saturated carbocycles. The monoisotopic (exact) mass is 223 g/mol. The second-order valence-corrected chi connectivity index (χ2v) is 4.37. The quantitative estimate of drug-likeness (QED) is 0.800. The Kier molecular flexibility index (Phi) is 3.91. The van der Waals surface area contributed by atoms with E-state index in [9.17, 15) is 4.39 Å². The Morgan fingerprint density at radius 3 is 2.62 bits per heavy atom. The zero-order valence-electron chi connectivity index (χ0n) is 9.58. The molecule has 3 heteroatoms. The van der Waals surface area contributed by atoms with E-state index in [-0.39, 0.29) is 11.9 Å². The summed E-state index contributed by atoms with van der Waals surface area (Å²) in [5, 5.41) is 3.11. The average molecular weight is 223 g/mol. The lowest BCUT2D eigenvalue weighted by molar-refractivity contribution is 0.0464. The summed E-state index contributed by atoms with van der Waals surface area (Å²) in [4.78, 5) is 0. The molecule has 1 fully saturated rings. The van der Waals surface area contributed by atoms with E-state index in [4.69, 9.17) is 4.74 Å². The molecule has 88 valence electrons. The van der Waals surface area contributed by atoms with E-state index >= 15 is 0 Å². The predicted octanol–water partition coefficient (Wildman–Crippen LogP) is 2.51. The van der Waals surface area contributed by atoms with Crippen molar-refractivity contribution in [1.82, 2.24) is 5.32 Å². The van der Waals surface area contributed by atoms with E-state index in [1.54, 1.807) is 12.1 Å². The zero-order valence-corrected chi connectivity index (χ0v) is 9.58. The van der Waals surface area contributed by atoms with Gasteiger partial charge in [0.15, 0.2) is 0 Å². The summed E-state index contributed by atoms with van der Waals surface area (Å²) in [6.45, 7) is 1.59. The van der Waals surface area contributed by atoms with Crippen LogP contribution in [0.25, 0.3) is 0 Å². The number of rotatable bonds is 6. The van der Waals surface area contributed by atoms with Gasteiger partial charge in [-0.05, 0) is 43.5 Å². The van der Waals surface area contributed by atoms with Crippen LogP contribution in [-0.4, -0.2) is 20.2 Å². The van der Waals surface area contributed by atoms with Crippen molar-refractivity contribution in [3.63, 3.8) is 0 Å². The van der Waals surface area contributed by atoms with Crippen molar-refractivity contribution in [2.24, 2.45) is 5.92 Å². The number of hydrogen-bond donors (Lipinski definition) is 1. The van der Waals surface area contributed by atoms with Gasteiger partial charge in [0.1, 0.15) is 5.82 Å². The molecule has 1 aromatic carbocycles. The maximum Gasteiger partial charge on any atom is 0.123 e. The molecule has 2 rings (SSSR count). The maximum absolute atomic E-state index is 12.8. The Morgan fingerprint density at radius 1 is 1.38 bits per heavy atom. The number of benzene rings is 1. The highest BCUT2D eigenvalue weighted by Gasteiger charge is 2.23. The van der Waals surface area contributed by atoms with E-state index < -0.39 is 0 Å². The third kappa shape index (κ3) is 3.29. The SMILES string of the molecule is CNCC(OCC1CC1)c1ccc(F)cc1. The van der Waals surface area contributed by atoms with Crippen molar-refractivity contribution in [2.45, 2.75) is 18.9 Å². The first-order chi connectivity index (χ1) is 7.79. The summed E-state index contributed by atoms with van der Waals surface area (Å²) in [5.74, 6) is 0.550. The van der Waals surface area contributed by atoms with Gasteiger partial charge in [-0.3, -0.25) is 0 Å². The average Bonchev–Trinajstić information content (AvgIpc) is 3.09. The highest BCUT2D eigenvalue weighted by molar-refractivity contribution is 5.19. The van der Waals surface area contributed by atoms with Crippen molar-refractivity contribution >= 4 is 0 Å². The molecule has 0 amide bonds. The number of ether oxygens (including phenoxy) is 1. The van der Waals surface area contributed by atoms with Gasteiger partial charge in [-0.15, -0.1) is 0 Å². The predicted molar refractivity (Wildman–Crippen MR) is 61.7 cm³/mol. The van der Waals surface area contributed by atoms with Crippen LogP contribution in [0.5, 0.6) is 0 Å². The molecule has 0 saturated heterocycles. The molecule has 0 spiro atoms. The molecular weight excluding hydrogens is 205 g/mol. The third-order valence-corrected chi connectivity index (χ3v) is 2.86. The second kappa shape index (κ2) is 5.41. The van der Waals surface area contributed by atoms with Gasteiger partial charge >= 0.3 is 0 Å². The van der Waals surface area contributed by atoms with E-state index in [1.807, 2.05) is 7.05 Å². The smallest absolute Gasteiger partial charge is 0.123 e. The third-order valence-electron chi connectivity index (χ3n) is 2.86. The molecule has 1 N–H and O–H groups in total. The van der Waals surface area contributed by atoms with Gasteiger partial charge in [-0.25, -0.2) is 4.39 Å². The largest absolute Gasteiger partial charge is 0.372 e. The molecule has 1 aliphatic rings. The van der Waals surface area contributed by atoms with E-state index in [0.29, 0.717) is 0 Å². The van der Waals surface area contributed by atoms with Gasteiger partial charge in [0, 0.05) is 6.54 Å². The van der Waals surface area contributed by atoms with E-state index in [1.165, 1.54) is 25.0 Å². The van der Waals surface area contributed by atoms with Crippen molar-refractivity contribution in [2.75, 3.05) is 20.2 Å². The first-order valence-corrected chi connectivity index (χ1v) is 5.81. The van der Waals surface area contributed by atoms with Crippen LogP contribution in [0.3, 0.4) is 0 Å². The molecule has 1 unspecified atom stereocenters. The molecule has 1 aliphatic carbocycles. The van der Waals surface area contributed by atoms with Crippen LogP contribution in [0.1, 0.15) is 24.5 Å². The highest BCUT2D eigenvalue weighted by Crippen LogP contribution is 2.31. The van der Waals surface area contributed by atoms with Crippen LogP contribution in [0.15, 0.2) is 24.3 Å². The van der Waals surface area contributed by atoms with Gasteiger partial charge in [-0.1, -0.05) is 12.1 Å². The molecular formula is C13H18FNO. The topological polar surface area (TPSA) is 21.3 Å². The second-order valence-electron chi connectivity index (χ2n) is 4.37. The van der Waals surface area contributed by atoms with Crippen LogP contribution in [0, 0.1) is 11.7 Å². The van der Waals surface area contributed by atoms with Crippen molar-refractivity contribution < 1.29 is 9.13 Å². The highest BCUT2D eigenvalue weighted by atomic mass is 19.1. The summed E-state index contributed by atoms with van der Waals surface area (Å²) in [6.07, 6.45) is 2.61. The fourth-order valence-electron chi connectivity index (χ4n) is 1.67. The fourth-order valence-corrected chi connectivity index (χ4v) is 1.67. The number of halogens is 1. The molecule has 16 heavy (non-hydrogen) atoms. The first kappa shape index (κ1) is 11.6. The normalized spacial score (nSPS) is 17.4. The van der Waals surface area contributed by atoms with Crippen molar-refractivity contribution in [3.8, 4) is 0 Å². The summed E-state index contributed by atoms with van der Waals surface area (Å²) in [5.41, 5.74) is 1.04. The summed E-state index contributed by atoms with van der Waals surface area (Å²) < 4.78 is 18.7. The molecule has 2 nitrogen and oxygen atoms in total. The van der Waals surface area contributed by atoms with Gasteiger partial charge in [0.25, 0.3) is 0 Å². The van der Waals surface area contributed by atoms with Crippen LogP contribution in [-0.2, 0) is 4.74 Å². The van der Waals surface area contributed by atoms with Crippen LogP contribution < -0.4 is 5.32 Å². The zero-order chi connectivity index (χ0) is 11.4. The standard InChI is InChI=1S/C13H18FNO/c1-15-8-13(16-9-10-2-3-10)11-4-6-12(14)7-5-11/h4-7,10,13,15H,2-3,8-9H2,1H3. The minimum absolute atomic E-state index is 0.0335. The van der Waals surface area contributed by atoms with Crippen LogP contribution in [0.4, 0.5) is 4.39 Å². The summed E-state index contributed by atoms with van der Waals surface area (Å²) >= 11 is 0. The Morgan fingerprint density at radius 2 is 2.06 bits per heavy atom. The number of nitrogens with one attached hydrogen (secondary N) is 1. The van der Waals surface area contributed by atoms with Crippen molar-refractivity contribution in [3.05, 3.63) is 35.6 Å². The van der Waals surface area contributed by atoms with Gasteiger partial charge < -0.3 is 10.1 Å². The van der Waals surface area contributed by atoms with E-state index in [2.05, 4.69) is 5.32 Å². The van der Waals surface area contributed by atoms with Gasteiger partial charge in [-0.2, -0.15) is 0 Å². The minimum atomic E-state index is -0.200. The minimum Gasteiger partial charge on any atom is -0.372 e. The Hall–Kier alpha value is -0.930. The Balaban J connectivity index is 1.95. The molecule has 1 atom stereocenters. The lowest BCUT2D eigenvalue weighted by Gasteiger charge is -2.18. The summed E-state index contributed by atoms with van der Waals surface area (Å²) in [7, 11) is 1.90. The number of likely N-dealkylation sites (N-methyl/N-ethyl adjacent to an activating group) is 1. The molecule has 0 heterocycles. The Bertz CT molecular complexity index is 321. The number of hydrogen-bond acceptors (Lipinski definition) is 2. The molecule has 0 aromatic heterocycles. The first-order valence-electron chi connectivity index (χ1n) is 5.81.